The van der Waals surface area contributed by atoms with E-state index in [0.29, 0.717) is 19.6 Å². The number of benzene rings is 1. The van der Waals surface area contributed by atoms with E-state index < -0.39 is 0 Å². The smallest absolute Gasteiger partial charge is 0.407 e. The van der Waals surface area contributed by atoms with Crippen molar-refractivity contribution in [3.05, 3.63) is 30.0 Å². The Labute approximate surface area is 117 Å². The van der Waals surface area contributed by atoms with Gasteiger partial charge in [0.1, 0.15) is 5.75 Å². The van der Waals surface area contributed by atoms with E-state index in [-0.39, 0.29) is 11.8 Å². The van der Waals surface area contributed by atoms with Crippen molar-refractivity contribution >= 4 is 17.0 Å². The molecule has 0 fully saturated rings. The molecule has 0 spiro atoms. The predicted octanol–water partition coefficient (Wildman–Crippen LogP) is 2.94. The van der Waals surface area contributed by atoms with Gasteiger partial charge in [0.05, 0.1) is 6.61 Å². The predicted molar refractivity (Wildman–Crippen MR) is 77.9 cm³/mol. The second kappa shape index (κ2) is 6.84. The Morgan fingerprint density at radius 1 is 1.45 bits per heavy atom. The second-order valence-corrected chi connectivity index (χ2v) is 4.71. The number of nitrogens with one attached hydrogen (secondary N) is 2. The zero-order valence-electron chi connectivity index (χ0n) is 11.6. The summed E-state index contributed by atoms with van der Waals surface area (Å²) in [6, 6.07) is 5.20. The Balaban J connectivity index is 1.84. The molecule has 0 saturated carbocycles. The number of unbranched alkanes of at least 4 members (excludes halogenated alkanes) is 1. The normalized spacial score (nSPS) is 10.7. The number of rotatable bonds is 6. The highest BCUT2D eigenvalue weighted by Gasteiger charge is 2.06. The molecule has 5 heteroatoms. The van der Waals surface area contributed by atoms with E-state index in [2.05, 4.69) is 10.3 Å². The Morgan fingerprint density at radius 3 is 3.10 bits per heavy atom. The lowest BCUT2D eigenvalue weighted by Gasteiger charge is -2.06. The van der Waals surface area contributed by atoms with E-state index in [1.54, 1.807) is 12.1 Å². The van der Waals surface area contributed by atoms with Gasteiger partial charge in [-0.2, -0.15) is 0 Å². The molecule has 1 heterocycles. The molecular weight excluding hydrogens is 256 g/mol. The van der Waals surface area contributed by atoms with E-state index in [9.17, 15) is 9.90 Å². The van der Waals surface area contributed by atoms with Crippen molar-refractivity contribution in [2.45, 2.75) is 26.2 Å². The first-order valence-corrected chi connectivity index (χ1v) is 6.90. The van der Waals surface area contributed by atoms with E-state index >= 15 is 0 Å². The number of fused-ring (bicyclic) bond motifs is 1. The Bertz CT molecular complexity index is 578. The molecule has 2 rings (SSSR count). The van der Waals surface area contributed by atoms with Crippen LogP contribution in [0.2, 0.25) is 0 Å². The summed E-state index contributed by atoms with van der Waals surface area (Å²) >= 11 is 0. The van der Waals surface area contributed by atoms with Crippen molar-refractivity contribution in [2.24, 2.45) is 0 Å². The Kier molecular flexibility index (Phi) is 4.87. The third-order valence-corrected chi connectivity index (χ3v) is 3.15. The van der Waals surface area contributed by atoms with Gasteiger partial charge < -0.3 is 20.1 Å². The average Bonchev–Trinajstić information content (AvgIpc) is 2.82. The van der Waals surface area contributed by atoms with Gasteiger partial charge in [-0.3, -0.25) is 0 Å². The number of ether oxygens (including phenoxy) is 1. The molecular formula is C15H20N2O3. The molecule has 5 nitrogen and oxygen atoms in total. The summed E-state index contributed by atoms with van der Waals surface area (Å²) < 4.78 is 5.01. The number of carbonyl (C=O) groups excluding carboxylic acids is 1. The number of aromatic nitrogens is 1. The average molecular weight is 276 g/mol. The zero-order valence-corrected chi connectivity index (χ0v) is 11.6. The molecule has 1 aromatic heterocycles. The van der Waals surface area contributed by atoms with Gasteiger partial charge >= 0.3 is 6.09 Å². The summed E-state index contributed by atoms with van der Waals surface area (Å²) in [5.41, 5.74) is 2.04. The maximum absolute atomic E-state index is 11.4. The van der Waals surface area contributed by atoms with Crippen molar-refractivity contribution in [1.82, 2.24) is 10.3 Å². The van der Waals surface area contributed by atoms with Crippen LogP contribution < -0.4 is 5.32 Å². The molecule has 1 aromatic carbocycles. The van der Waals surface area contributed by atoms with Crippen molar-refractivity contribution in [2.75, 3.05) is 13.2 Å². The van der Waals surface area contributed by atoms with Crippen LogP contribution in [0, 0.1) is 0 Å². The molecule has 0 aliphatic heterocycles. The minimum Gasteiger partial charge on any atom is -0.508 e. The molecule has 0 aliphatic rings. The molecule has 1 amide bonds. The number of aromatic hydroxyl groups is 1. The number of phenolic OH excluding ortho intramolecular Hbond substituents is 1. The van der Waals surface area contributed by atoms with Gasteiger partial charge in [-0.1, -0.05) is 13.3 Å². The molecule has 20 heavy (non-hydrogen) atoms. The molecule has 0 radical (unpaired) electrons. The largest absolute Gasteiger partial charge is 0.508 e. The summed E-state index contributed by atoms with van der Waals surface area (Å²) in [4.78, 5) is 14.5. The third-order valence-electron chi connectivity index (χ3n) is 3.15. The summed E-state index contributed by atoms with van der Waals surface area (Å²) in [5, 5.41) is 13.2. The monoisotopic (exact) mass is 276 g/mol. The number of hydrogen-bond donors (Lipinski definition) is 3. The quantitative estimate of drug-likeness (QED) is 0.710. The maximum Gasteiger partial charge on any atom is 0.407 e. The number of alkyl carbamates (subject to hydrolysis) is 1. The van der Waals surface area contributed by atoms with Crippen molar-refractivity contribution in [3.63, 3.8) is 0 Å². The fourth-order valence-corrected chi connectivity index (χ4v) is 2.03. The summed E-state index contributed by atoms with van der Waals surface area (Å²) in [7, 11) is 0. The van der Waals surface area contributed by atoms with Gasteiger partial charge in [0.2, 0.25) is 0 Å². The molecule has 2 aromatic rings. The van der Waals surface area contributed by atoms with E-state index in [1.165, 1.54) is 0 Å². The van der Waals surface area contributed by atoms with Crippen molar-refractivity contribution in [3.8, 4) is 5.75 Å². The number of phenols is 1. The number of aromatic amines is 1. The number of amides is 1. The van der Waals surface area contributed by atoms with Crippen LogP contribution >= 0.6 is 0 Å². The van der Waals surface area contributed by atoms with Gasteiger partial charge in [-0.25, -0.2) is 4.79 Å². The minimum atomic E-state index is -0.374. The van der Waals surface area contributed by atoms with E-state index in [1.807, 2.05) is 19.2 Å². The molecule has 0 unspecified atom stereocenters. The lowest BCUT2D eigenvalue weighted by atomic mass is 10.1. The molecule has 0 saturated heterocycles. The maximum atomic E-state index is 11.4. The van der Waals surface area contributed by atoms with Crippen LogP contribution in [0.4, 0.5) is 4.79 Å². The SMILES string of the molecule is CCCCOC(=O)NCCc1c[nH]c2ccc(O)cc12. The van der Waals surface area contributed by atoms with Crippen LogP contribution in [0.1, 0.15) is 25.3 Å². The van der Waals surface area contributed by atoms with Crippen LogP contribution in [0.3, 0.4) is 0 Å². The number of H-pyrrole nitrogens is 1. The third kappa shape index (κ3) is 3.66. The van der Waals surface area contributed by atoms with Crippen LogP contribution in [-0.2, 0) is 11.2 Å². The lowest BCUT2D eigenvalue weighted by molar-refractivity contribution is 0.144. The molecule has 0 aliphatic carbocycles. The topological polar surface area (TPSA) is 74.3 Å². The van der Waals surface area contributed by atoms with E-state index in [0.717, 1.165) is 29.3 Å². The first-order valence-electron chi connectivity index (χ1n) is 6.90. The Hall–Kier alpha value is -2.17. The highest BCUT2D eigenvalue weighted by atomic mass is 16.5. The molecule has 3 N–H and O–H groups in total. The standard InChI is InChI=1S/C15H20N2O3/c1-2-3-8-20-15(19)16-7-6-11-10-17-14-5-4-12(18)9-13(11)14/h4-5,9-10,17-18H,2-3,6-8H2,1H3,(H,16,19). The van der Waals surface area contributed by atoms with Crippen LogP contribution in [0.5, 0.6) is 5.75 Å². The number of carbonyl (C=O) groups is 1. The first-order chi connectivity index (χ1) is 9.70. The molecule has 0 bridgehead atoms. The molecule has 0 atom stereocenters. The molecule has 108 valence electrons. The summed E-state index contributed by atoms with van der Waals surface area (Å²) in [6.45, 7) is 3.02. The van der Waals surface area contributed by atoms with Gasteiger partial charge in [0.25, 0.3) is 0 Å². The first kappa shape index (κ1) is 14.2. The summed E-state index contributed by atoms with van der Waals surface area (Å²) in [6.07, 6.45) is 4.10. The van der Waals surface area contributed by atoms with Gasteiger partial charge in [0.15, 0.2) is 0 Å². The number of hydrogen-bond acceptors (Lipinski definition) is 3. The summed E-state index contributed by atoms with van der Waals surface area (Å²) in [5.74, 6) is 0.241. The van der Waals surface area contributed by atoms with E-state index in [4.69, 9.17) is 4.74 Å². The second-order valence-electron chi connectivity index (χ2n) is 4.71. The Morgan fingerprint density at radius 2 is 2.30 bits per heavy atom. The zero-order chi connectivity index (χ0) is 14.4. The fraction of sp³-hybridized carbons (Fsp3) is 0.400. The van der Waals surface area contributed by atoms with Crippen molar-refractivity contribution in [1.29, 1.82) is 0 Å². The highest BCUT2D eigenvalue weighted by molar-refractivity contribution is 5.84. The van der Waals surface area contributed by atoms with Crippen LogP contribution in [0.15, 0.2) is 24.4 Å². The van der Waals surface area contributed by atoms with Crippen LogP contribution in [0.25, 0.3) is 10.9 Å². The van der Waals surface area contributed by atoms with Gasteiger partial charge in [-0.05, 0) is 36.6 Å². The highest BCUT2D eigenvalue weighted by Crippen LogP contribution is 2.22. The van der Waals surface area contributed by atoms with Crippen LogP contribution in [-0.4, -0.2) is 29.3 Å². The van der Waals surface area contributed by atoms with Crippen molar-refractivity contribution < 1.29 is 14.6 Å². The van der Waals surface area contributed by atoms with Gasteiger partial charge in [-0.15, -0.1) is 0 Å². The lowest BCUT2D eigenvalue weighted by Crippen LogP contribution is -2.26. The minimum absolute atomic E-state index is 0.241. The fourth-order valence-electron chi connectivity index (χ4n) is 2.03. The van der Waals surface area contributed by atoms with Gasteiger partial charge in [0, 0.05) is 23.6 Å².